The summed E-state index contributed by atoms with van der Waals surface area (Å²) < 4.78 is 5.21. The molecule has 0 aromatic rings. The van der Waals surface area contributed by atoms with E-state index in [0.717, 1.165) is 45.0 Å². The van der Waals surface area contributed by atoms with Gasteiger partial charge in [0.1, 0.15) is 5.54 Å². The number of carboxylic acid groups (broad SMARTS) is 1. The Labute approximate surface area is 122 Å². The third-order valence-electron chi connectivity index (χ3n) is 4.53. The Morgan fingerprint density at radius 2 is 2.05 bits per heavy atom. The van der Waals surface area contributed by atoms with Gasteiger partial charge in [0, 0.05) is 13.7 Å². The predicted molar refractivity (Wildman–Crippen MR) is 80.0 cm³/mol. The molecule has 5 heteroatoms. The largest absolute Gasteiger partial charge is 0.480 e. The van der Waals surface area contributed by atoms with Crippen LogP contribution in [-0.2, 0) is 9.53 Å². The Hall–Kier alpha value is -0.650. The van der Waals surface area contributed by atoms with Gasteiger partial charge in [0.25, 0.3) is 0 Å². The maximum Gasteiger partial charge on any atom is 0.323 e. The molecule has 2 N–H and O–H groups in total. The number of nitrogens with zero attached hydrogens (tertiary/aromatic N) is 1. The van der Waals surface area contributed by atoms with Crippen LogP contribution in [0.2, 0.25) is 0 Å². The van der Waals surface area contributed by atoms with E-state index < -0.39 is 11.5 Å². The second-order valence-electron chi connectivity index (χ2n) is 6.08. The molecule has 20 heavy (non-hydrogen) atoms. The van der Waals surface area contributed by atoms with Crippen LogP contribution < -0.4 is 5.32 Å². The van der Waals surface area contributed by atoms with Crippen molar-refractivity contribution in [3.8, 4) is 0 Å². The smallest absolute Gasteiger partial charge is 0.323 e. The zero-order valence-electron chi connectivity index (χ0n) is 13.2. The van der Waals surface area contributed by atoms with Crippen LogP contribution in [-0.4, -0.2) is 61.9 Å². The molecule has 0 aromatic heterocycles. The maximum atomic E-state index is 11.2. The van der Waals surface area contributed by atoms with E-state index in [4.69, 9.17) is 4.74 Å². The van der Waals surface area contributed by atoms with Crippen LogP contribution in [0.25, 0.3) is 0 Å². The van der Waals surface area contributed by atoms with Gasteiger partial charge in [0.05, 0.1) is 0 Å². The van der Waals surface area contributed by atoms with Crippen molar-refractivity contribution in [1.29, 1.82) is 0 Å². The fraction of sp³-hybridized carbons (Fsp3) is 0.933. The summed E-state index contributed by atoms with van der Waals surface area (Å²) in [5.74, 6) is -0.0452. The van der Waals surface area contributed by atoms with Gasteiger partial charge in [0.2, 0.25) is 0 Å². The van der Waals surface area contributed by atoms with Gasteiger partial charge in [-0.1, -0.05) is 0 Å². The fourth-order valence-electron chi connectivity index (χ4n) is 2.77. The van der Waals surface area contributed by atoms with Crippen LogP contribution in [0, 0.1) is 5.92 Å². The van der Waals surface area contributed by atoms with Gasteiger partial charge >= 0.3 is 5.97 Å². The number of carboxylic acids is 1. The molecule has 0 aromatic carbocycles. The first-order valence-electron chi connectivity index (χ1n) is 7.65. The number of likely N-dealkylation sites (N-methyl/N-ethyl adjacent to an activating group) is 1. The summed E-state index contributed by atoms with van der Waals surface area (Å²) in [4.78, 5) is 13.7. The van der Waals surface area contributed by atoms with Crippen molar-refractivity contribution in [3.63, 3.8) is 0 Å². The van der Waals surface area contributed by atoms with Gasteiger partial charge in [-0.05, 0) is 71.6 Å². The van der Waals surface area contributed by atoms with Crippen molar-refractivity contribution in [2.24, 2.45) is 5.92 Å². The zero-order valence-corrected chi connectivity index (χ0v) is 13.2. The predicted octanol–water partition coefficient (Wildman–Crippen LogP) is 1.58. The Morgan fingerprint density at radius 1 is 1.40 bits per heavy atom. The van der Waals surface area contributed by atoms with E-state index in [1.165, 1.54) is 12.8 Å². The molecule has 1 unspecified atom stereocenters. The van der Waals surface area contributed by atoms with E-state index >= 15 is 0 Å². The zero-order chi connectivity index (χ0) is 15.0. The molecular weight excluding hydrogens is 256 g/mol. The summed E-state index contributed by atoms with van der Waals surface area (Å²) in [6, 6.07) is 0. The highest BCUT2D eigenvalue weighted by Gasteiger charge is 2.30. The molecule has 0 aliphatic carbocycles. The number of hydrogen-bond donors (Lipinski definition) is 2. The minimum Gasteiger partial charge on any atom is -0.480 e. The SMILES string of the molecule is CNC(C)(CCCCN1CCC(COC)CC1)C(=O)O. The third kappa shape index (κ3) is 5.38. The van der Waals surface area contributed by atoms with Gasteiger partial charge in [-0.2, -0.15) is 0 Å². The third-order valence-corrected chi connectivity index (χ3v) is 4.53. The van der Waals surface area contributed by atoms with E-state index in [0.29, 0.717) is 6.42 Å². The average molecular weight is 286 g/mol. The van der Waals surface area contributed by atoms with Crippen LogP contribution in [0.5, 0.6) is 0 Å². The molecule has 1 atom stereocenters. The van der Waals surface area contributed by atoms with E-state index in [-0.39, 0.29) is 0 Å². The number of nitrogens with one attached hydrogen (secondary N) is 1. The molecule has 1 aliphatic heterocycles. The molecule has 118 valence electrons. The van der Waals surface area contributed by atoms with Crippen molar-refractivity contribution in [1.82, 2.24) is 10.2 Å². The molecule has 1 saturated heterocycles. The Kier molecular flexibility index (Phi) is 7.48. The summed E-state index contributed by atoms with van der Waals surface area (Å²) in [6.07, 6.45) is 5.13. The number of likely N-dealkylation sites (tertiary alicyclic amines) is 1. The van der Waals surface area contributed by atoms with Gasteiger partial charge < -0.3 is 20.1 Å². The number of carbonyl (C=O) groups is 1. The first kappa shape index (κ1) is 17.4. The fourth-order valence-corrected chi connectivity index (χ4v) is 2.77. The van der Waals surface area contributed by atoms with Crippen LogP contribution in [0.4, 0.5) is 0 Å². The number of ether oxygens (including phenoxy) is 1. The number of piperidine rings is 1. The highest BCUT2D eigenvalue weighted by Crippen LogP contribution is 2.19. The summed E-state index contributed by atoms with van der Waals surface area (Å²) >= 11 is 0. The molecule has 5 nitrogen and oxygen atoms in total. The first-order chi connectivity index (χ1) is 9.51. The summed E-state index contributed by atoms with van der Waals surface area (Å²) in [7, 11) is 3.49. The molecule has 0 saturated carbocycles. The molecule has 1 heterocycles. The van der Waals surface area contributed by atoms with Crippen molar-refractivity contribution in [2.45, 2.75) is 44.6 Å². The van der Waals surface area contributed by atoms with E-state index in [1.54, 1.807) is 21.1 Å². The molecule has 0 bridgehead atoms. The van der Waals surface area contributed by atoms with Gasteiger partial charge in [-0.25, -0.2) is 0 Å². The van der Waals surface area contributed by atoms with Gasteiger partial charge in [0.15, 0.2) is 0 Å². The topological polar surface area (TPSA) is 61.8 Å². The second-order valence-corrected chi connectivity index (χ2v) is 6.08. The lowest BCUT2D eigenvalue weighted by molar-refractivity contribution is -0.144. The van der Waals surface area contributed by atoms with E-state index in [9.17, 15) is 9.90 Å². The minimum absolute atomic E-state index is 0.680. The molecule has 0 amide bonds. The number of unbranched alkanes of at least 4 members (excludes halogenated alkanes) is 1. The van der Waals surface area contributed by atoms with Crippen LogP contribution in [0.3, 0.4) is 0 Å². The van der Waals surface area contributed by atoms with Crippen molar-refractivity contribution < 1.29 is 14.6 Å². The standard InChI is InChI=1S/C15H30N2O3/c1-15(16-2,14(18)19)8-4-5-9-17-10-6-13(7-11-17)12-20-3/h13,16H,4-12H2,1-3H3,(H,18,19). The van der Waals surface area contributed by atoms with Crippen molar-refractivity contribution in [3.05, 3.63) is 0 Å². The Bertz CT molecular complexity index is 291. The van der Waals surface area contributed by atoms with Crippen molar-refractivity contribution >= 4 is 5.97 Å². The number of methoxy groups -OCH3 is 1. The van der Waals surface area contributed by atoms with E-state index in [1.807, 2.05) is 0 Å². The number of hydrogen-bond acceptors (Lipinski definition) is 4. The summed E-state index contributed by atoms with van der Waals surface area (Å²) in [5, 5.41) is 12.1. The Balaban J connectivity index is 2.15. The van der Waals surface area contributed by atoms with Crippen LogP contribution >= 0.6 is 0 Å². The monoisotopic (exact) mass is 286 g/mol. The highest BCUT2D eigenvalue weighted by molar-refractivity contribution is 5.78. The normalized spacial score (nSPS) is 20.8. The highest BCUT2D eigenvalue weighted by atomic mass is 16.5. The molecular formula is C15H30N2O3. The lowest BCUT2D eigenvalue weighted by Gasteiger charge is -2.32. The van der Waals surface area contributed by atoms with Gasteiger partial charge in [-0.15, -0.1) is 0 Å². The number of rotatable bonds is 9. The molecule has 1 rings (SSSR count). The maximum absolute atomic E-state index is 11.2. The number of aliphatic carboxylic acids is 1. The second kappa shape index (κ2) is 8.60. The van der Waals surface area contributed by atoms with Gasteiger partial charge in [-0.3, -0.25) is 4.79 Å². The first-order valence-corrected chi connectivity index (χ1v) is 7.65. The minimum atomic E-state index is -0.786. The lowest BCUT2D eigenvalue weighted by Crippen LogP contribution is -2.47. The van der Waals surface area contributed by atoms with Crippen LogP contribution in [0.1, 0.15) is 39.0 Å². The molecule has 0 radical (unpaired) electrons. The average Bonchev–Trinajstić information content (AvgIpc) is 2.45. The lowest BCUT2D eigenvalue weighted by atomic mass is 9.94. The molecule has 1 aliphatic rings. The molecule has 1 fully saturated rings. The summed E-state index contributed by atoms with van der Waals surface area (Å²) in [6.45, 7) is 6.02. The van der Waals surface area contributed by atoms with Crippen molar-refractivity contribution in [2.75, 3.05) is 40.4 Å². The van der Waals surface area contributed by atoms with Crippen LogP contribution in [0.15, 0.2) is 0 Å². The molecule has 0 spiro atoms. The summed E-state index contributed by atoms with van der Waals surface area (Å²) in [5.41, 5.74) is -0.786. The Morgan fingerprint density at radius 3 is 2.55 bits per heavy atom. The van der Waals surface area contributed by atoms with E-state index in [2.05, 4.69) is 10.2 Å². The quantitative estimate of drug-likeness (QED) is 0.630.